The van der Waals surface area contributed by atoms with Crippen molar-refractivity contribution in [3.05, 3.63) is 59.0 Å². The predicted octanol–water partition coefficient (Wildman–Crippen LogP) is 2.84. The van der Waals surface area contributed by atoms with Crippen LogP contribution < -0.4 is 5.32 Å². The van der Waals surface area contributed by atoms with Gasteiger partial charge in [0.25, 0.3) is 5.91 Å². The average molecular weight is 287 g/mol. The molecule has 5 heteroatoms. The molecule has 1 aromatic carbocycles. The summed E-state index contributed by atoms with van der Waals surface area (Å²) in [6.07, 6.45) is 1.56. The lowest BCUT2D eigenvalue weighted by atomic mass is 10.1. The van der Waals surface area contributed by atoms with Crippen LogP contribution in [0.3, 0.4) is 0 Å². The van der Waals surface area contributed by atoms with Crippen molar-refractivity contribution in [2.45, 2.75) is 13.5 Å². The van der Waals surface area contributed by atoms with Crippen LogP contribution in [-0.2, 0) is 6.54 Å². The van der Waals surface area contributed by atoms with Gasteiger partial charge < -0.3 is 10.2 Å². The number of anilines is 1. The molecule has 1 aromatic heterocycles. The predicted molar refractivity (Wildman–Crippen MR) is 80.7 cm³/mol. The Morgan fingerprint density at radius 2 is 2.05 bits per heavy atom. The molecule has 0 bridgehead atoms. The standard InChI is InChI=1S/C16H18FN3O/c1-11-4-5-14(17)13(8-11)10-19-15-9-12(6-7-18-15)16(21)20(2)3/h4-9H,10H2,1-3H3,(H,18,19). The molecule has 0 radical (unpaired) electrons. The summed E-state index contributed by atoms with van der Waals surface area (Å²) < 4.78 is 13.7. The molecule has 0 atom stereocenters. The fourth-order valence-electron chi connectivity index (χ4n) is 1.94. The zero-order chi connectivity index (χ0) is 15.4. The Balaban J connectivity index is 2.12. The van der Waals surface area contributed by atoms with E-state index in [4.69, 9.17) is 0 Å². The third-order valence-electron chi connectivity index (χ3n) is 3.07. The molecule has 1 amide bonds. The summed E-state index contributed by atoms with van der Waals surface area (Å²) in [4.78, 5) is 17.5. The highest BCUT2D eigenvalue weighted by Gasteiger charge is 2.09. The SMILES string of the molecule is Cc1ccc(F)c(CNc2cc(C(=O)N(C)C)ccn2)c1. The molecule has 4 nitrogen and oxygen atoms in total. The number of nitrogens with zero attached hydrogens (tertiary/aromatic N) is 2. The second-order valence-corrected chi connectivity index (χ2v) is 5.08. The molecule has 2 aromatic rings. The van der Waals surface area contributed by atoms with Crippen LogP contribution in [0.5, 0.6) is 0 Å². The van der Waals surface area contributed by atoms with Crippen LogP contribution in [0.15, 0.2) is 36.5 Å². The maximum atomic E-state index is 13.7. The van der Waals surface area contributed by atoms with Gasteiger partial charge >= 0.3 is 0 Å². The Hall–Kier alpha value is -2.43. The molecule has 0 unspecified atom stereocenters. The van der Waals surface area contributed by atoms with E-state index < -0.39 is 0 Å². The molecule has 0 aliphatic carbocycles. The number of nitrogens with one attached hydrogen (secondary N) is 1. The molecule has 2 rings (SSSR count). The number of hydrogen-bond donors (Lipinski definition) is 1. The molecular formula is C16H18FN3O. The molecule has 21 heavy (non-hydrogen) atoms. The van der Waals surface area contributed by atoms with Gasteiger partial charge in [0.2, 0.25) is 0 Å². The monoisotopic (exact) mass is 287 g/mol. The number of pyridine rings is 1. The van der Waals surface area contributed by atoms with Crippen LogP contribution in [0.1, 0.15) is 21.5 Å². The molecule has 1 N–H and O–H groups in total. The number of halogens is 1. The van der Waals surface area contributed by atoms with Gasteiger partial charge in [-0.25, -0.2) is 9.37 Å². The first-order chi connectivity index (χ1) is 9.97. The second-order valence-electron chi connectivity index (χ2n) is 5.08. The van der Waals surface area contributed by atoms with Gasteiger partial charge in [-0.15, -0.1) is 0 Å². The lowest BCUT2D eigenvalue weighted by Gasteiger charge is -2.12. The fraction of sp³-hybridized carbons (Fsp3) is 0.250. The zero-order valence-electron chi connectivity index (χ0n) is 12.4. The molecule has 1 heterocycles. The van der Waals surface area contributed by atoms with Crippen LogP contribution in [0.4, 0.5) is 10.2 Å². The highest BCUT2D eigenvalue weighted by atomic mass is 19.1. The Morgan fingerprint density at radius 1 is 1.29 bits per heavy atom. The minimum absolute atomic E-state index is 0.0952. The van der Waals surface area contributed by atoms with Crippen molar-refractivity contribution in [3.8, 4) is 0 Å². The number of benzene rings is 1. The van der Waals surface area contributed by atoms with Crippen molar-refractivity contribution < 1.29 is 9.18 Å². The molecule has 0 aliphatic rings. The van der Waals surface area contributed by atoms with Crippen LogP contribution in [0.25, 0.3) is 0 Å². The molecule has 0 fully saturated rings. The zero-order valence-corrected chi connectivity index (χ0v) is 12.4. The molecule has 0 spiro atoms. The van der Waals surface area contributed by atoms with Crippen LogP contribution in [0.2, 0.25) is 0 Å². The molecule has 0 aliphatic heterocycles. The van der Waals surface area contributed by atoms with Gasteiger partial charge in [-0.2, -0.15) is 0 Å². The van der Waals surface area contributed by atoms with Crippen molar-refractivity contribution >= 4 is 11.7 Å². The van der Waals surface area contributed by atoms with Crippen molar-refractivity contribution in [2.75, 3.05) is 19.4 Å². The third kappa shape index (κ3) is 3.78. The van der Waals surface area contributed by atoms with Crippen molar-refractivity contribution in [1.29, 1.82) is 0 Å². The van der Waals surface area contributed by atoms with Gasteiger partial charge in [0.05, 0.1) is 0 Å². The average Bonchev–Trinajstić information content (AvgIpc) is 2.47. The van der Waals surface area contributed by atoms with Gasteiger partial charge in [-0.05, 0) is 25.1 Å². The van der Waals surface area contributed by atoms with E-state index >= 15 is 0 Å². The quantitative estimate of drug-likeness (QED) is 0.940. The molecule has 110 valence electrons. The second kappa shape index (κ2) is 6.35. The van der Waals surface area contributed by atoms with E-state index in [-0.39, 0.29) is 11.7 Å². The first-order valence-electron chi connectivity index (χ1n) is 6.64. The molecular weight excluding hydrogens is 269 g/mol. The van der Waals surface area contributed by atoms with Gasteiger partial charge in [0.1, 0.15) is 11.6 Å². The fourth-order valence-corrected chi connectivity index (χ4v) is 1.94. The van der Waals surface area contributed by atoms with E-state index in [1.807, 2.05) is 6.92 Å². The smallest absolute Gasteiger partial charge is 0.253 e. The highest BCUT2D eigenvalue weighted by Crippen LogP contribution is 2.13. The Kier molecular flexibility index (Phi) is 4.52. The number of aryl methyl sites for hydroxylation is 1. The summed E-state index contributed by atoms with van der Waals surface area (Å²) in [6, 6.07) is 8.28. The van der Waals surface area contributed by atoms with Crippen LogP contribution >= 0.6 is 0 Å². The van der Waals surface area contributed by atoms with Gasteiger partial charge in [0, 0.05) is 38.0 Å². The first-order valence-corrected chi connectivity index (χ1v) is 6.64. The van der Waals surface area contributed by atoms with Crippen molar-refractivity contribution in [1.82, 2.24) is 9.88 Å². The maximum absolute atomic E-state index is 13.7. The van der Waals surface area contributed by atoms with Gasteiger partial charge in [-0.3, -0.25) is 4.79 Å². The largest absolute Gasteiger partial charge is 0.366 e. The minimum Gasteiger partial charge on any atom is -0.366 e. The summed E-state index contributed by atoms with van der Waals surface area (Å²) in [7, 11) is 3.38. The minimum atomic E-state index is -0.256. The van der Waals surface area contributed by atoms with Gasteiger partial charge in [-0.1, -0.05) is 17.7 Å². The number of amides is 1. The number of hydrogen-bond acceptors (Lipinski definition) is 3. The Bertz CT molecular complexity index is 656. The number of carbonyl (C=O) groups is 1. The van der Waals surface area contributed by atoms with E-state index in [0.717, 1.165) is 5.56 Å². The van der Waals surface area contributed by atoms with Gasteiger partial charge in [0.15, 0.2) is 0 Å². The van der Waals surface area contributed by atoms with Crippen molar-refractivity contribution in [3.63, 3.8) is 0 Å². The molecule has 0 saturated heterocycles. The Morgan fingerprint density at radius 3 is 2.76 bits per heavy atom. The summed E-state index contributed by atoms with van der Waals surface area (Å²) in [6.45, 7) is 2.23. The summed E-state index contributed by atoms with van der Waals surface area (Å²) in [5.74, 6) is 0.194. The number of aromatic nitrogens is 1. The lowest BCUT2D eigenvalue weighted by molar-refractivity contribution is 0.0827. The Labute approximate surface area is 123 Å². The van der Waals surface area contributed by atoms with E-state index in [2.05, 4.69) is 10.3 Å². The van der Waals surface area contributed by atoms with Crippen LogP contribution in [-0.4, -0.2) is 29.9 Å². The maximum Gasteiger partial charge on any atom is 0.253 e. The van der Waals surface area contributed by atoms with Crippen molar-refractivity contribution in [2.24, 2.45) is 0 Å². The number of carbonyl (C=O) groups excluding carboxylic acids is 1. The van der Waals surface area contributed by atoms with E-state index in [1.165, 1.54) is 11.0 Å². The first kappa shape index (κ1) is 15.0. The third-order valence-corrected chi connectivity index (χ3v) is 3.07. The topological polar surface area (TPSA) is 45.2 Å². The number of rotatable bonds is 4. The highest BCUT2D eigenvalue weighted by molar-refractivity contribution is 5.94. The lowest BCUT2D eigenvalue weighted by Crippen LogP contribution is -2.21. The summed E-state index contributed by atoms with van der Waals surface area (Å²) in [5, 5.41) is 3.04. The van der Waals surface area contributed by atoms with Crippen LogP contribution in [0, 0.1) is 12.7 Å². The van der Waals surface area contributed by atoms with E-state index in [0.29, 0.717) is 23.5 Å². The normalized spacial score (nSPS) is 10.3. The molecule has 0 saturated carbocycles. The van der Waals surface area contributed by atoms with E-state index in [1.54, 1.807) is 44.6 Å². The summed E-state index contributed by atoms with van der Waals surface area (Å²) >= 11 is 0. The summed E-state index contributed by atoms with van der Waals surface area (Å²) in [5.41, 5.74) is 2.11. The van der Waals surface area contributed by atoms with E-state index in [9.17, 15) is 9.18 Å².